The number of carbonyl (C=O) groups is 2. The van der Waals surface area contributed by atoms with E-state index in [1.165, 1.54) is 12.8 Å². The predicted molar refractivity (Wildman–Crippen MR) is 105 cm³/mol. The van der Waals surface area contributed by atoms with Gasteiger partial charge in [-0.15, -0.1) is 0 Å². The lowest BCUT2D eigenvalue weighted by Gasteiger charge is -2.29. The molecule has 0 aliphatic carbocycles. The van der Waals surface area contributed by atoms with Gasteiger partial charge in [-0.2, -0.15) is 5.10 Å². The molecule has 0 saturated carbocycles. The molecule has 1 aromatic rings. The average Bonchev–Trinajstić information content (AvgIpc) is 3.01. The molecule has 2 aliphatic heterocycles. The van der Waals surface area contributed by atoms with Crippen molar-refractivity contribution >= 4 is 23.8 Å². The van der Waals surface area contributed by atoms with Crippen molar-refractivity contribution in [2.45, 2.75) is 45.2 Å². The van der Waals surface area contributed by atoms with Crippen LogP contribution in [0.4, 0.5) is 5.69 Å². The number of hydrogen-bond donors (Lipinski definition) is 2. The minimum absolute atomic E-state index is 0.116. The Balaban J connectivity index is 1.63. The Morgan fingerprint density at radius 3 is 2.63 bits per heavy atom. The lowest BCUT2D eigenvalue weighted by Crippen LogP contribution is -2.43. The fourth-order valence-corrected chi connectivity index (χ4v) is 3.83. The van der Waals surface area contributed by atoms with Crippen molar-refractivity contribution in [3.05, 3.63) is 29.8 Å². The summed E-state index contributed by atoms with van der Waals surface area (Å²) in [5.41, 5.74) is 1.87. The Kier molecular flexibility index (Phi) is 6.45. The number of hydrogen-bond acceptors (Lipinski definition) is 6. The van der Waals surface area contributed by atoms with Gasteiger partial charge in [-0.3, -0.25) is 19.5 Å². The molecule has 3 rings (SSSR count). The Bertz CT molecular complexity index is 683. The number of nitrogens with zero attached hydrogens (tertiary/aromatic N) is 3. The molecule has 27 heavy (non-hydrogen) atoms. The van der Waals surface area contributed by atoms with Gasteiger partial charge in [0.2, 0.25) is 0 Å². The lowest BCUT2D eigenvalue weighted by molar-refractivity contribution is -0.137. The highest BCUT2D eigenvalue weighted by Gasteiger charge is 2.33. The van der Waals surface area contributed by atoms with Crippen molar-refractivity contribution in [3.8, 4) is 0 Å². The maximum absolute atomic E-state index is 11.8. The zero-order chi connectivity index (χ0) is 19.2. The highest BCUT2D eigenvalue weighted by Crippen LogP contribution is 2.26. The summed E-state index contributed by atoms with van der Waals surface area (Å²) in [6, 6.07) is 7.71. The molecular formula is C20H28N4O3. The topological polar surface area (TPSA) is 85.2 Å². The van der Waals surface area contributed by atoms with Crippen molar-refractivity contribution < 1.29 is 14.7 Å². The van der Waals surface area contributed by atoms with E-state index >= 15 is 0 Å². The number of piperidine rings is 1. The van der Waals surface area contributed by atoms with Crippen LogP contribution in [0.15, 0.2) is 29.4 Å². The van der Waals surface area contributed by atoms with Crippen LogP contribution in [0.1, 0.15) is 38.2 Å². The molecular weight excluding hydrogens is 344 g/mol. The molecule has 146 valence electrons. The monoisotopic (exact) mass is 372 g/mol. The summed E-state index contributed by atoms with van der Waals surface area (Å²) in [6.07, 6.45) is 4.56. The first-order chi connectivity index (χ1) is 13.1. The van der Waals surface area contributed by atoms with Gasteiger partial charge in [0.15, 0.2) is 12.5 Å². The molecule has 0 amide bonds. The molecule has 1 unspecified atom stereocenters. The number of aldehydes is 1. The van der Waals surface area contributed by atoms with Gasteiger partial charge < -0.3 is 10.4 Å². The first kappa shape index (κ1) is 19.4. The Hall–Kier alpha value is -2.41. The molecule has 1 saturated heterocycles. The summed E-state index contributed by atoms with van der Waals surface area (Å²) in [4.78, 5) is 24.5. The number of aliphatic carboxylic acids is 1. The summed E-state index contributed by atoms with van der Waals surface area (Å²) in [5, 5.41) is 18.7. The van der Waals surface area contributed by atoms with E-state index in [4.69, 9.17) is 5.11 Å². The highest BCUT2D eigenvalue weighted by atomic mass is 16.4. The van der Waals surface area contributed by atoms with E-state index in [0.717, 1.165) is 49.4 Å². The van der Waals surface area contributed by atoms with E-state index in [1.807, 2.05) is 41.1 Å². The molecule has 0 radical (unpaired) electrons. The molecule has 1 fully saturated rings. The maximum Gasteiger partial charge on any atom is 0.303 e. The summed E-state index contributed by atoms with van der Waals surface area (Å²) in [5.74, 6) is 0.694. The summed E-state index contributed by atoms with van der Waals surface area (Å²) in [7, 11) is 0. The molecule has 0 spiro atoms. The molecule has 1 aromatic carbocycles. The molecule has 7 nitrogen and oxygen atoms in total. The quantitative estimate of drug-likeness (QED) is 0.680. The zero-order valence-corrected chi connectivity index (χ0v) is 15.8. The number of anilines is 1. The smallest absolute Gasteiger partial charge is 0.303 e. The number of carboxylic acids is 1. The van der Waals surface area contributed by atoms with E-state index in [2.05, 4.69) is 10.4 Å². The van der Waals surface area contributed by atoms with Crippen molar-refractivity contribution in [1.82, 2.24) is 10.3 Å². The van der Waals surface area contributed by atoms with Crippen LogP contribution >= 0.6 is 0 Å². The van der Waals surface area contributed by atoms with Gasteiger partial charge in [0.1, 0.15) is 5.84 Å². The van der Waals surface area contributed by atoms with E-state index in [9.17, 15) is 9.59 Å². The third kappa shape index (κ3) is 4.86. The largest absolute Gasteiger partial charge is 0.481 e. The number of hydrazone groups is 1. The van der Waals surface area contributed by atoms with Gasteiger partial charge in [0.05, 0.1) is 0 Å². The normalized spacial score (nSPS) is 20.6. The van der Waals surface area contributed by atoms with Crippen LogP contribution in [0.25, 0.3) is 0 Å². The first-order valence-corrected chi connectivity index (χ1v) is 9.66. The average molecular weight is 372 g/mol. The molecule has 0 bridgehead atoms. The van der Waals surface area contributed by atoms with Crippen LogP contribution in [0.3, 0.4) is 0 Å². The van der Waals surface area contributed by atoms with Crippen LogP contribution in [0.5, 0.6) is 0 Å². The third-order valence-corrected chi connectivity index (χ3v) is 5.38. The van der Waals surface area contributed by atoms with Gasteiger partial charge in [-0.1, -0.05) is 12.1 Å². The van der Waals surface area contributed by atoms with Gasteiger partial charge >= 0.3 is 5.97 Å². The fraction of sp³-hybridized carbons (Fsp3) is 0.550. The van der Waals surface area contributed by atoms with Gasteiger partial charge in [0.25, 0.3) is 0 Å². The predicted octanol–water partition coefficient (Wildman–Crippen LogP) is 2.07. The minimum Gasteiger partial charge on any atom is -0.481 e. The number of rotatable bonds is 8. The summed E-state index contributed by atoms with van der Waals surface area (Å²) < 4.78 is 0. The number of amidine groups is 1. The summed E-state index contributed by atoms with van der Waals surface area (Å²) >= 11 is 0. The van der Waals surface area contributed by atoms with E-state index in [1.54, 1.807) is 0 Å². The van der Waals surface area contributed by atoms with Crippen LogP contribution in [0.2, 0.25) is 0 Å². The van der Waals surface area contributed by atoms with Crippen LogP contribution in [0, 0.1) is 5.92 Å². The van der Waals surface area contributed by atoms with Crippen LogP contribution in [-0.4, -0.2) is 54.0 Å². The highest BCUT2D eigenvalue weighted by molar-refractivity contribution is 6.00. The fourth-order valence-electron chi connectivity index (χ4n) is 3.83. The van der Waals surface area contributed by atoms with Crippen LogP contribution < -0.4 is 10.2 Å². The van der Waals surface area contributed by atoms with Crippen molar-refractivity contribution in [2.24, 2.45) is 11.0 Å². The maximum atomic E-state index is 11.8. The van der Waals surface area contributed by atoms with Gasteiger partial charge in [-0.25, -0.2) is 0 Å². The van der Waals surface area contributed by atoms with Gasteiger partial charge in [0, 0.05) is 18.7 Å². The molecule has 1 atom stereocenters. The lowest BCUT2D eigenvalue weighted by atomic mass is 9.94. The third-order valence-electron chi connectivity index (χ3n) is 5.38. The van der Waals surface area contributed by atoms with E-state index in [-0.39, 0.29) is 6.42 Å². The Labute approximate surface area is 160 Å². The molecule has 2 N–H and O–H groups in total. The summed E-state index contributed by atoms with van der Waals surface area (Å²) in [6.45, 7) is 4.84. The van der Waals surface area contributed by atoms with E-state index < -0.39 is 12.1 Å². The standard InChI is InChI=1S/C20H28N4O3/c1-15-22-23(13-10-17-8-11-21-12-9-17)19(14-25)24(15)18-5-2-16(3-6-18)4-7-20(26)27/h2-3,5-6,14,17,19,21H,4,7-13H2,1H3,(H,26,27). The minimum atomic E-state index is -0.799. The SMILES string of the molecule is CC1=NN(CCC2CCNCC2)C(C=O)N1c1ccc(CCC(=O)O)cc1. The number of aryl methyl sites for hydroxylation is 1. The first-order valence-electron chi connectivity index (χ1n) is 9.66. The number of carboxylic acid groups (broad SMARTS) is 1. The number of nitrogens with one attached hydrogen (secondary N) is 1. The number of benzene rings is 1. The van der Waals surface area contributed by atoms with E-state index in [0.29, 0.717) is 12.3 Å². The molecule has 0 aromatic heterocycles. The molecule has 7 heteroatoms. The van der Waals surface area contributed by atoms with Crippen molar-refractivity contribution in [1.29, 1.82) is 0 Å². The second kappa shape index (κ2) is 8.99. The Morgan fingerprint density at radius 1 is 1.30 bits per heavy atom. The van der Waals surface area contributed by atoms with Crippen molar-refractivity contribution in [2.75, 3.05) is 24.5 Å². The number of carbonyl (C=O) groups excluding carboxylic acids is 1. The second-order valence-electron chi connectivity index (χ2n) is 7.27. The van der Waals surface area contributed by atoms with Crippen LogP contribution in [-0.2, 0) is 16.0 Å². The second-order valence-corrected chi connectivity index (χ2v) is 7.27. The zero-order valence-electron chi connectivity index (χ0n) is 15.8. The molecule has 2 heterocycles. The Morgan fingerprint density at radius 2 is 2.00 bits per heavy atom. The van der Waals surface area contributed by atoms with Crippen molar-refractivity contribution in [3.63, 3.8) is 0 Å². The molecule has 2 aliphatic rings. The van der Waals surface area contributed by atoms with Gasteiger partial charge in [-0.05, 0) is 69.3 Å².